The molecule has 0 saturated carbocycles. The molecule has 1 amide bonds. The van der Waals surface area contributed by atoms with Gasteiger partial charge >= 0.3 is 0 Å². The summed E-state index contributed by atoms with van der Waals surface area (Å²) in [5.41, 5.74) is 1.43. The third-order valence-corrected chi connectivity index (χ3v) is 2.45. The molecule has 3 heteroatoms. The van der Waals surface area contributed by atoms with Crippen molar-refractivity contribution in [2.45, 2.75) is 26.7 Å². The molecule has 1 aromatic rings. The van der Waals surface area contributed by atoms with Crippen LogP contribution in [0, 0.1) is 17.8 Å². The largest absolute Gasteiger partial charge is 0.384 e. The van der Waals surface area contributed by atoms with E-state index in [0.717, 1.165) is 12.0 Å². The smallest absolute Gasteiger partial charge is 0.224 e. The predicted molar refractivity (Wildman–Crippen MR) is 73.1 cm³/mol. The minimum absolute atomic E-state index is 0.00180. The second-order valence-electron chi connectivity index (χ2n) is 4.49. The van der Waals surface area contributed by atoms with E-state index in [-0.39, 0.29) is 12.5 Å². The van der Waals surface area contributed by atoms with Crippen LogP contribution in [0.15, 0.2) is 24.3 Å². The number of amides is 1. The first-order valence-electron chi connectivity index (χ1n) is 6.12. The normalized spacial score (nSPS) is 9.78. The van der Waals surface area contributed by atoms with Crippen LogP contribution >= 0.6 is 0 Å². The first-order valence-corrected chi connectivity index (χ1v) is 6.12. The molecule has 0 aromatic heterocycles. The number of hydrogen-bond acceptors (Lipinski definition) is 2. The van der Waals surface area contributed by atoms with Gasteiger partial charge in [-0.3, -0.25) is 4.79 Å². The van der Waals surface area contributed by atoms with Crippen molar-refractivity contribution < 1.29 is 9.90 Å². The van der Waals surface area contributed by atoms with Crippen LogP contribution in [-0.4, -0.2) is 17.6 Å². The third kappa shape index (κ3) is 5.03. The number of anilines is 1. The van der Waals surface area contributed by atoms with Crippen LogP contribution in [0.25, 0.3) is 0 Å². The molecule has 1 aromatic carbocycles. The van der Waals surface area contributed by atoms with Crippen LogP contribution in [0.1, 0.15) is 32.3 Å². The van der Waals surface area contributed by atoms with E-state index in [2.05, 4.69) is 31.0 Å². The SMILES string of the molecule is CC(C)CCC(=O)Nc1ccccc1C#CCO. The molecule has 0 bridgehead atoms. The summed E-state index contributed by atoms with van der Waals surface area (Å²) in [7, 11) is 0. The van der Waals surface area contributed by atoms with Crippen molar-refractivity contribution in [1.82, 2.24) is 0 Å². The van der Waals surface area contributed by atoms with Gasteiger partial charge in [0.15, 0.2) is 0 Å². The number of para-hydroxylation sites is 1. The first-order chi connectivity index (χ1) is 8.63. The summed E-state index contributed by atoms with van der Waals surface area (Å²) in [6.07, 6.45) is 1.38. The highest BCUT2D eigenvalue weighted by Crippen LogP contribution is 2.14. The molecule has 0 spiro atoms. The molecule has 0 radical (unpaired) electrons. The maximum atomic E-state index is 11.7. The zero-order valence-electron chi connectivity index (χ0n) is 10.9. The summed E-state index contributed by atoms with van der Waals surface area (Å²) in [5, 5.41) is 11.5. The highest BCUT2D eigenvalue weighted by molar-refractivity contribution is 5.92. The molecule has 0 unspecified atom stereocenters. The lowest BCUT2D eigenvalue weighted by Crippen LogP contribution is -2.13. The van der Waals surface area contributed by atoms with Crippen LogP contribution < -0.4 is 5.32 Å². The predicted octanol–water partition coefficient (Wildman–Crippen LogP) is 2.41. The van der Waals surface area contributed by atoms with Crippen molar-refractivity contribution in [3.63, 3.8) is 0 Å². The number of benzene rings is 1. The van der Waals surface area contributed by atoms with Crippen molar-refractivity contribution in [1.29, 1.82) is 0 Å². The number of aliphatic hydroxyl groups excluding tert-OH is 1. The van der Waals surface area contributed by atoms with Crippen LogP contribution in [0.4, 0.5) is 5.69 Å². The molecular weight excluding hydrogens is 226 g/mol. The molecular formula is C15H19NO2. The summed E-state index contributed by atoms with van der Waals surface area (Å²) in [5.74, 6) is 5.92. The monoisotopic (exact) mass is 245 g/mol. The second kappa shape index (κ2) is 7.52. The lowest BCUT2D eigenvalue weighted by Gasteiger charge is -2.08. The van der Waals surface area contributed by atoms with Crippen LogP contribution in [0.2, 0.25) is 0 Å². The average molecular weight is 245 g/mol. The van der Waals surface area contributed by atoms with Crippen molar-refractivity contribution in [3.05, 3.63) is 29.8 Å². The van der Waals surface area contributed by atoms with Crippen molar-refractivity contribution in [3.8, 4) is 11.8 Å². The molecule has 1 rings (SSSR count). The molecule has 96 valence electrons. The Kier molecular flexibility index (Phi) is 5.96. The molecule has 0 aliphatic heterocycles. The van der Waals surface area contributed by atoms with Crippen molar-refractivity contribution in [2.24, 2.45) is 5.92 Å². The van der Waals surface area contributed by atoms with Crippen LogP contribution in [-0.2, 0) is 4.79 Å². The van der Waals surface area contributed by atoms with E-state index >= 15 is 0 Å². The summed E-state index contributed by atoms with van der Waals surface area (Å²) >= 11 is 0. The topological polar surface area (TPSA) is 49.3 Å². The first kappa shape index (κ1) is 14.3. The van der Waals surface area contributed by atoms with E-state index in [1.54, 1.807) is 0 Å². The van der Waals surface area contributed by atoms with Gasteiger partial charge in [-0.25, -0.2) is 0 Å². The van der Waals surface area contributed by atoms with E-state index in [9.17, 15) is 4.79 Å². The number of carbonyl (C=O) groups excluding carboxylic acids is 1. The van der Waals surface area contributed by atoms with Gasteiger partial charge in [0.05, 0.1) is 5.69 Å². The fourth-order valence-corrected chi connectivity index (χ4v) is 1.47. The Morgan fingerprint density at radius 3 is 2.78 bits per heavy atom. The van der Waals surface area contributed by atoms with Gasteiger partial charge in [0.2, 0.25) is 5.91 Å². The maximum Gasteiger partial charge on any atom is 0.224 e. The van der Waals surface area contributed by atoms with E-state index in [4.69, 9.17) is 5.11 Å². The Bertz CT molecular complexity index is 455. The van der Waals surface area contributed by atoms with Crippen LogP contribution in [0.5, 0.6) is 0 Å². The average Bonchev–Trinajstić information content (AvgIpc) is 2.35. The summed E-state index contributed by atoms with van der Waals surface area (Å²) in [4.78, 5) is 11.7. The van der Waals surface area contributed by atoms with Gasteiger partial charge < -0.3 is 10.4 Å². The van der Waals surface area contributed by atoms with Gasteiger partial charge in [-0.15, -0.1) is 0 Å². The lowest BCUT2D eigenvalue weighted by molar-refractivity contribution is -0.116. The summed E-state index contributed by atoms with van der Waals surface area (Å²) in [6.45, 7) is 4.00. The van der Waals surface area contributed by atoms with Gasteiger partial charge in [-0.2, -0.15) is 0 Å². The molecule has 3 nitrogen and oxygen atoms in total. The Balaban J connectivity index is 2.69. The Hall–Kier alpha value is -1.79. The van der Waals surface area contributed by atoms with Crippen LogP contribution in [0.3, 0.4) is 0 Å². The number of rotatable bonds is 4. The zero-order chi connectivity index (χ0) is 13.4. The standard InChI is InChI=1S/C15H19NO2/c1-12(2)9-10-15(18)16-14-8-4-3-6-13(14)7-5-11-17/h3-4,6,8,12,17H,9-11H2,1-2H3,(H,16,18). The molecule has 18 heavy (non-hydrogen) atoms. The quantitative estimate of drug-likeness (QED) is 0.800. The highest BCUT2D eigenvalue weighted by Gasteiger charge is 2.06. The van der Waals surface area contributed by atoms with Gasteiger partial charge in [0, 0.05) is 12.0 Å². The number of nitrogens with one attached hydrogen (secondary N) is 1. The molecule has 0 aliphatic carbocycles. The van der Waals surface area contributed by atoms with Gasteiger partial charge in [0.25, 0.3) is 0 Å². The van der Waals surface area contributed by atoms with Gasteiger partial charge in [0.1, 0.15) is 6.61 Å². The van der Waals surface area contributed by atoms with Crippen molar-refractivity contribution in [2.75, 3.05) is 11.9 Å². The fourth-order valence-electron chi connectivity index (χ4n) is 1.47. The highest BCUT2D eigenvalue weighted by atomic mass is 16.2. The number of aliphatic hydroxyl groups is 1. The van der Waals surface area contributed by atoms with Gasteiger partial charge in [-0.1, -0.05) is 37.8 Å². The summed E-state index contributed by atoms with van der Waals surface area (Å²) in [6, 6.07) is 7.34. The molecule has 2 N–H and O–H groups in total. The molecule has 0 heterocycles. The fraction of sp³-hybridized carbons (Fsp3) is 0.400. The Morgan fingerprint density at radius 1 is 1.39 bits per heavy atom. The Labute approximate surface area is 108 Å². The molecule has 0 aliphatic rings. The Morgan fingerprint density at radius 2 is 2.11 bits per heavy atom. The third-order valence-electron chi connectivity index (χ3n) is 2.45. The molecule has 0 atom stereocenters. The van der Waals surface area contributed by atoms with E-state index in [0.29, 0.717) is 18.0 Å². The van der Waals surface area contributed by atoms with E-state index < -0.39 is 0 Å². The van der Waals surface area contributed by atoms with Crippen molar-refractivity contribution >= 4 is 11.6 Å². The lowest BCUT2D eigenvalue weighted by atomic mass is 10.1. The second-order valence-corrected chi connectivity index (χ2v) is 4.49. The summed E-state index contributed by atoms with van der Waals surface area (Å²) < 4.78 is 0. The molecule has 0 saturated heterocycles. The van der Waals surface area contributed by atoms with E-state index in [1.807, 2.05) is 24.3 Å². The maximum absolute atomic E-state index is 11.7. The zero-order valence-corrected chi connectivity index (χ0v) is 10.9. The molecule has 0 fully saturated rings. The minimum Gasteiger partial charge on any atom is -0.384 e. The van der Waals surface area contributed by atoms with E-state index in [1.165, 1.54) is 0 Å². The number of hydrogen-bond donors (Lipinski definition) is 2. The van der Waals surface area contributed by atoms with Gasteiger partial charge in [-0.05, 0) is 24.5 Å². The number of carbonyl (C=O) groups is 1. The minimum atomic E-state index is -0.185.